The van der Waals surface area contributed by atoms with Crippen LogP contribution in [0.5, 0.6) is 0 Å². The zero-order chi connectivity index (χ0) is 22.8. The molecule has 0 aliphatic carbocycles. The molecule has 1 aromatic carbocycles. The Balaban J connectivity index is 1.80. The number of carbonyl (C=O) groups excluding carboxylic acids is 1. The first kappa shape index (κ1) is 22.7. The Morgan fingerprint density at radius 1 is 1.35 bits per heavy atom. The second-order valence-electron chi connectivity index (χ2n) is 6.87. The zero-order valence-electron chi connectivity index (χ0n) is 16.5. The fourth-order valence-electron chi connectivity index (χ4n) is 3.23. The molecule has 1 aromatic heterocycles. The molecule has 2 aromatic rings. The highest BCUT2D eigenvalue weighted by atomic mass is 32.1. The van der Waals surface area contributed by atoms with Gasteiger partial charge in [0.1, 0.15) is 33.5 Å². The first-order valence-electron chi connectivity index (χ1n) is 9.28. The van der Waals surface area contributed by atoms with Crippen LogP contribution < -0.4 is 11.1 Å². The summed E-state index contributed by atoms with van der Waals surface area (Å²) in [4.78, 5) is 22.3. The fourth-order valence-corrected chi connectivity index (χ4v) is 4.11. The van der Waals surface area contributed by atoms with E-state index in [0.29, 0.717) is 0 Å². The highest BCUT2D eigenvalue weighted by Gasteiger charge is 2.36. The molecular formula is C19H20F4N6OS. The predicted molar refractivity (Wildman–Crippen MR) is 111 cm³/mol. The number of nitrogens with zero attached hydrogens (tertiary/aromatic N) is 3. The number of amidine groups is 1. The van der Waals surface area contributed by atoms with Gasteiger partial charge in [-0.1, -0.05) is 17.4 Å². The molecule has 31 heavy (non-hydrogen) atoms. The highest BCUT2D eigenvalue weighted by molar-refractivity contribution is 7.19. The Morgan fingerprint density at radius 2 is 1.97 bits per heavy atom. The number of anilines is 1. The number of aliphatic imine (C=N–C) groups is 1. The van der Waals surface area contributed by atoms with Crippen LogP contribution in [0.15, 0.2) is 23.2 Å². The van der Waals surface area contributed by atoms with Gasteiger partial charge in [0, 0.05) is 39.2 Å². The van der Waals surface area contributed by atoms with Gasteiger partial charge >= 0.3 is 0 Å². The number of amides is 1. The summed E-state index contributed by atoms with van der Waals surface area (Å²) < 4.78 is 55.0. The van der Waals surface area contributed by atoms with Crippen molar-refractivity contribution >= 4 is 34.3 Å². The summed E-state index contributed by atoms with van der Waals surface area (Å²) in [6, 6.07) is 2.31. The number of alkyl halides is 2. The van der Waals surface area contributed by atoms with Crippen molar-refractivity contribution in [2.24, 2.45) is 4.99 Å². The van der Waals surface area contributed by atoms with Crippen molar-refractivity contribution in [3.8, 4) is 10.6 Å². The minimum Gasteiger partial charge on any atom is -0.389 e. The van der Waals surface area contributed by atoms with Gasteiger partial charge in [-0.3, -0.25) is 9.79 Å². The molecule has 1 atom stereocenters. The molecule has 0 spiro atoms. The lowest BCUT2D eigenvalue weighted by atomic mass is 10.1. The molecule has 3 rings (SSSR count). The number of nitrogen functional groups attached to an aromatic ring is 1. The normalized spacial score (nSPS) is 17.3. The summed E-state index contributed by atoms with van der Waals surface area (Å²) in [5.74, 6) is -4.99. The molecule has 12 heteroatoms. The third-order valence-electron chi connectivity index (χ3n) is 4.82. The molecule has 0 radical (unpaired) electrons. The molecule has 0 bridgehead atoms. The maximum Gasteiger partial charge on any atom is 0.273 e. The number of rotatable bonds is 5. The number of thiazole rings is 1. The van der Waals surface area contributed by atoms with Crippen LogP contribution in [0.1, 0.15) is 23.3 Å². The van der Waals surface area contributed by atoms with Gasteiger partial charge in [-0.25, -0.2) is 22.5 Å². The molecule has 1 aliphatic heterocycles. The molecule has 1 saturated heterocycles. The number of nitrogens with one attached hydrogen (secondary N) is 2. The molecule has 2 heterocycles. The van der Waals surface area contributed by atoms with E-state index in [2.05, 4.69) is 15.3 Å². The number of piperidine rings is 1. The van der Waals surface area contributed by atoms with Crippen molar-refractivity contribution in [1.82, 2.24) is 15.2 Å². The van der Waals surface area contributed by atoms with E-state index in [1.807, 2.05) is 0 Å². The lowest BCUT2D eigenvalue weighted by molar-refractivity contribution is -0.0438. The lowest BCUT2D eigenvalue weighted by Crippen LogP contribution is -2.53. The number of carbonyl (C=O) groups is 1. The van der Waals surface area contributed by atoms with Gasteiger partial charge in [0.15, 0.2) is 5.69 Å². The van der Waals surface area contributed by atoms with Gasteiger partial charge in [0.2, 0.25) is 0 Å². The highest BCUT2D eigenvalue weighted by Crippen LogP contribution is 2.33. The van der Waals surface area contributed by atoms with E-state index in [1.54, 1.807) is 4.90 Å². The standard InChI is InChI=1S/C19H20F4N6OS/c1-26-16(29-7-5-19(22,23)6-8-29)12(9-24)27-17(30)14-15(25)31-18(28-14)13-10(20)3-2-4-11(13)21/h2-4,9,12,24H,5-8,25H2,1H3,(H,27,30). The third kappa shape index (κ3) is 4.84. The quantitative estimate of drug-likeness (QED) is 0.365. The molecule has 1 fully saturated rings. The Bertz CT molecular complexity index is 995. The second kappa shape index (κ2) is 9.00. The van der Waals surface area contributed by atoms with E-state index >= 15 is 0 Å². The van der Waals surface area contributed by atoms with Crippen LogP contribution in [0, 0.1) is 17.0 Å². The molecule has 4 N–H and O–H groups in total. The van der Waals surface area contributed by atoms with Crippen LogP contribution >= 0.6 is 11.3 Å². The van der Waals surface area contributed by atoms with Crippen LogP contribution in [0.4, 0.5) is 22.6 Å². The van der Waals surface area contributed by atoms with E-state index in [0.717, 1.165) is 29.7 Å². The predicted octanol–water partition coefficient (Wildman–Crippen LogP) is 3.18. The fraction of sp³-hybridized carbons (Fsp3) is 0.368. The third-order valence-corrected chi connectivity index (χ3v) is 5.73. The van der Waals surface area contributed by atoms with Crippen molar-refractivity contribution in [3.05, 3.63) is 35.5 Å². The minimum atomic E-state index is -2.76. The maximum atomic E-state index is 14.0. The number of hydrogen-bond donors (Lipinski definition) is 3. The van der Waals surface area contributed by atoms with Crippen molar-refractivity contribution in [1.29, 1.82) is 5.41 Å². The van der Waals surface area contributed by atoms with Gasteiger partial charge in [-0.2, -0.15) is 0 Å². The molecule has 7 nitrogen and oxygen atoms in total. The smallest absolute Gasteiger partial charge is 0.273 e. The number of aromatic nitrogens is 1. The number of nitrogens with two attached hydrogens (primary N) is 1. The minimum absolute atomic E-state index is 0.0232. The summed E-state index contributed by atoms with van der Waals surface area (Å²) in [6.45, 7) is 0.0465. The Hall–Kier alpha value is -3.02. The van der Waals surface area contributed by atoms with Crippen LogP contribution in [-0.2, 0) is 0 Å². The Kier molecular flexibility index (Phi) is 6.58. The number of halogens is 4. The number of hydrogen-bond acceptors (Lipinski definition) is 6. The molecule has 1 aliphatic rings. The van der Waals surface area contributed by atoms with Gasteiger partial charge < -0.3 is 21.4 Å². The maximum absolute atomic E-state index is 14.0. The van der Waals surface area contributed by atoms with Gasteiger partial charge in [-0.15, -0.1) is 0 Å². The van der Waals surface area contributed by atoms with Crippen molar-refractivity contribution in [2.45, 2.75) is 24.8 Å². The molecule has 1 amide bonds. The first-order chi connectivity index (χ1) is 14.7. The van der Waals surface area contributed by atoms with Crippen LogP contribution in [0.25, 0.3) is 10.6 Å². The van der Waals surface area contributed by atoms with Gasteiger partial charge in [0.25, 0.3) is 11.8 Å². The van der Waals surface area contributed by atoms with Crippen LogP contribution in [0.3, 0.4) is 0 Å². The lowest BCUT2D eigenvalue weighted by Gasteiger charge is -2.35. The first-order valence-corrected chi connectivity index (χ1v) is 10.1. The SMILES string of the molecule is CN=C(C(C=N)NC(=O)c1nc(-c2c(F)cccc2F)sc1N)N1CCC(F)(F)CC1. The van der Waals surface area contributed by atoms with Crippen LogP contribution in [-0.4, -0.2) is 59.9 Å². The van der Waals surface area contributed by atoms with Gasteiger partial charge in [-0.05, 0) is 12.1 Å². The van der Waals surface area contributed by atoms with E-state index in [-0.39, 0.29) is 47.5 Å². The Morgan fingerprint density at radius 3 is 2.52 bits per heavy atom. The summed E-state index contributed by atoms with van der Waals surface area (Å²) >= 11 is 0.746. The Labute approximate surface area is 179 Å². The molecular weight excluding hydrogens is 436 g/mol. The largest absolute Gasteiger partial charge is 0.389 e. The molecule has 1 unspecified atom stereocenters. The summed E-state index contributed by atoms with van der Waals surface area (Å²) in [5.41, 5.74) is 5.20. The van der Waals surface area contributed by atoms with E-state index in [1.165, 1.54) is 13.1 Å². The summed E-state index contributed by atoms with van der Waals surface area (Å²) in [6.07, 6.45) is 0.190. The van der Waals surface area contributed by atoms with Crippen molar-refractivity contribution < 1.29 is 22.4 Å². The summed E-state index contributed by atoms with van der Waals surface area (Å²) in [5, 5.41) is 10.0. The average Bonchev–Trinajstić information content (AvgIpc) is 3.09. The van der Waals surface area contributed by atoms with E-state index < -0.39 is 35.1 Å². The monoisotopic (exact) mass is 456 g/mol. The van der Waals surface area contributed by atoms with Crippen molar-refractivity contribution in [2.75, 3.05) is 25.9 Å². The zero-order valence-corrected chi connectivity index (χ0v) is 17.3. The van der Waals surface area contributed by atoms with Gasteiger partial charge in [0.05, 0.1) is 5.56 Å². The van der Waals surface area contributed by atoms with E-state index in [9.17, 15) is 22.4 Å². The molecule has 0 saturated carbocycles. The second-order valence-corrected chi connectivity index (χ2v) is 7.90. The number of benzene rings is 1. The van der Waals surface area contributed by atoms with Crippen molar-refractivity contribution in [3.63, 3.8) is 0 Å². The topological polar surface area (TPSA) is 107 Å². The average molecular weight is 456 g/mol. The molecule has 166 valence electrons. The van der Waals surface area contributed by atoms with Crippen LogP contribution in [0.2, 0.25) is 0 Å². The van der Waals surface area contributed by atoms with E-state index in [4.69, 9.17) is 11.1 Å². The number of likely N-dealkylation sites (tertiary alicyclic amines) is 1. The summed E-state index contributed by atoms with van der Waals surface area (Å²) in [7, 11) is 1.43.